The van der Waals surface area contributed by atoms with Crippen molar-refractivity contribution in [3.63, 3.8) is 0 Å². The summed E-state index contributed by atoms with van der Waals surface area (Å²) in [6.07, 6.45) is 5.46. The number of hydrogen-bond acceptors (Lipinski definition) is 5. The molecule has 1 amide bonds. The van der Waals surface area contributed by atoms with Crippen molar-refractivity contribution in [2.75, 3.05) is 13.2 Å². The molecule has 0 unspecified atom stereocenters. The van der Waals surface area contributed by atoms with Crippen LogP contribution in [0, 0.1) is 12.8 Å². The maximum Gasteiger partial charge on any atom is 0.252 e. The predicted octanol–water partition coefficient (Wildman–Crippen LogP) is 2.77. The minimum atomic E-state index is -0.154. The zero-order valence-corrected chi connectivity index (χ0v) is 14.9. The first-order valence-electron chi connectivity index (χ1n) is 8.85. The lowest BCUT2D eigenvalue weighted by Crippen LogP contribution is -2.37. The molecule has 1 atom stereocenters. The zero-order valence-electron chi connectivity index (χ0n) is 14.9. The summed E-state index contributed by atoms with van der Waals surface area (Å²) in [5.41, 5.74) is 1.93. The summed E-state index contributed by atoms with van der Waals surface area (Å²) >= 11 is 0. The number of carbonyl (C=O) groups is 1. The SMILES string of the molecule is Cc1nc2ccc(C(=O)N[C@@H](c3nccn3C)C3CCOCC3)cc2o1. The van der Waals surface area contributed by atoms with E-state index in [0.717, 1.165) is 24.2 Å². The van der Waals surface area contributed by atoms with Gasteiger partial charge >= 0.3 is 0 Å². The van der Waals surface area contributed by atoms with E-state index < -0.39 is 0 Å². The summed E-state index contributed by atoms with van der Waals surface area (Å²) in [5.74, 6) is 1.61. The van der Waals surface area contributed by atoms with Crippen LogP contribution < -0.4 is 5.32 Å². The van der Waals surface area contributed by atoms with E-state index in [2.05, 4.69) is 15.3 Å². The summed E-state index contributed by atoms with van der Waals surface area (Å²) in [7, 11) is 1.95. The molecule has 2 aromatic heterocycles. The minimum absolute atomic E-state index is 0.138. The summed E-state index contributed by atoms with van der Waals surface area (Å²) in [6, 6.07) is 5.17. The van der Waals surface area contributed by atoms with E-state index in [9.17, 15) is 4.79 Å². The molecular weight excluding hydrogens is 332 g/mol. The van der Waals surface area contributed by atoms with Crippen LogP contribution in [0.25, 0.3) is 11.1 Å². The smallest absolute Gasteiger partial charge is 0.252 e. The largest absolute Gasteiger partial charge is 0.441 e. The van der Waals surface area contributed by atoms with Gasteiger partial charge in [0.25, 0.3) is 5.91 Å². The summed E-state index contributed by atoms with van der Waals surface area (Å²) in [6.45, 7) is 3.22. The van der Waals surface area contributed by atoms with Gasteiger partial charge < -0.3 is 19.0 Å². The van der Waals surface area contributed by atoms with E-state index in [1.54, 1.807) is 25.3 Å². The Hall–Kier alpha value is -2.67. The van der Waals surface area contributed by atoms with E-state index >= 15 is 0 Å². The molecule has 1 saturated heterocycles. The van der Waals surface area contributed by atoms with Crippen LogP contribution in [0.1, 0.15) is 41.0 Å². The molecule has 0 bridgehead atoms. The van der Waals surface area contributed by atoms with Crippen molar-refractivity contribution in [1.29, 1.82) is 0 Å². The van der Waals surface area contributed by atoms with Gasteiger partial charge in [0, 0.05) is 45.1 Å². The molecule has 26 heavy (non-hydrogen) atoms. The molecule has 1 N–H and O–H groups in total. The maximum atomic E-state index is 12.9. The molecule has 4 rings (SSSR count). The number of rotatable bonds is 4. The van der Waals surface area contributed by atoms with Crippen molar-refractivity contribution in [1.82, 2.24) is 19.9 Å². The van der Waals surface area contributed by atoms with Crippen LogP contribution in [-0.4, -0.2) is 33.7 Å². The Morgan fingerprint density at radius 1 is 1.35 bits per heavy atom. The van der Waals surface area contributed by atoms with E-state index in [1.165, 1.54) is 0 Å². The second kappa shape index (κ2) is 6.92. The summed E-state index contributed by atoms with van der Waals surface area (Å²) in [4.78, 5) is 21.7. The molecule has 3 heterocycles. The number of imidazole rings is 1. The third-order valence-corrected chi connectivity index (χ3v) is 4.92. The van der Waals surface area contributed by atoms with Crippen molar-refractivity contribution in [3.05, 3.63) is 47.9 Å². The Balaban J connectivity index is 1.61. The molecule has 0 radical (unpaired) electrons. The monoisotopic (exact) mass is 354 g/mol. The van der Waals surface area contributed by atoms with Crippen LogP contribution in [0.4, 0.5) is 0 Å². The van der Waals surface area contributed by atoms with E-state index in [0.29, 0.717) is 36.2 Å². The molecule has 1 aromatic carbocycles. The Morgan fingerprint density at radius 3 is 2.88 bits per heavy atom. The Kier molecular flexibility index (Phi) is 4.46. The highest BCUT2D eigenvalue weighted by Crippen LogP contribution is 2.29. The number of fused-ring (bicyclic) bond motifs is 1. The topological polar surface area (TPSA) is 82.2 Å². The van der Waals surface area contributed by atoms with E-state index in [-0.39, 0.29) is 11.9 Å². The standard InChI is InChI=1S/C19H22N4O3/c1-12-21-15-4-3-14(11-16(15)26-12)19(24)22-17(13-5-9-25-10-6-13)18-20-7-8-23(18)2/h3-4,7-8,11,13,17H,5-6,9-10H2,1-2H3,(H,22,24)/t17-/m1/s1. The number of nitrogens with zero attached hydrogens (tertiary/aromatic N) is 3. The Bertz CT molecular complexity index is 924. The van der Waals surface area contributed by atoms with Crippen LogP contribution in [0.3, 0.4) is 0 Å². The van der Waals surface area contributed by atoms with Gasteiger partial charge in [-0.15, -0.1) is 0 Å². The fourth-order valence-corrected chi connectivity index (χ4v) is 3.52. The van der Waals surface area contributed by atoms with Gasteiger partial charge in [-0.1, -0.05) is 0 Å². The van der Waals surface area contributed by atoms with Crippen LogP contribution in [0.2, 0.25) is 0 Å². The van der Waals surface area contributed by atoms with Gasteiger partial charge in [-0.3, -0.25) is 4.79 Å². The van der Waals surface area contributed by atoms with Gasteiger partial charge in [-0.2, -0.15) is 0 Å². The highest BCUT2D eigenvalue weighted by Gasteiger charge is 2.30. The molecule has 1 fully saturated rings. The van der Waals surface area contributed by atoms with E-state index in [4.69, 9.17) is 9.15 Å². The van der Waals surface area contributed by atoms with Crippen LogP contribution >= 0.6 is 0 Å². The van der Waals surface area contributed by atoms with Crippen molar-refractivity contribution >= 4 is 17.0 Å². The quantitative estimate of drug-likeness (QED) is 0.779. The number of oxazole rings is 1. The number of amides is 1. The van der Waals surface area contributed by atoms with Crippen molar-refractivity contribution in [2.45, 2.75) is 25.8 Å². The third kappa shape index (κ3) is 3.22. The van der Waals surface area contributed by atoms with E-state index in [1.807, 2.05) is 23.9 Å². The van der Waals surface area contributed by atoms with Gasteiger partial charge in [0.2, 0.25) is 0 Å². The fraction of sp³-hybridized carbons (Fsp3) is 0.421. The number of nitrogens with one attached hydrogen (secondary N) is 1. The second-order valence-corrected chi connectivity index (χ2v) is 6.71. The second-order valence-electron chi connectivity index (χ2n) is 6.71. The Labute approximate surface area is 151 Å². The van der Waals surface area contributed by atoms with Gasteiger partial charge in [-0.05, 0) is 37.0 Å². The predicted molar refractivity (Wildman–Crippen MR) is 95.7 cm³/mol. The lowest BCUT2D eigenvalue weighted by molar-refractivity contribution is 0.0499. The van der Waals surface area contributed by atoms with Crippen LogP contribution in [0.15, 0.2) is 35.0 Å². The van der Waals surface area contributed by atoms with Gasteiger partial charge in [0.1, 0.15) is 11.3 Å². The lowest BCUT2D eigenvalue weighted by atomic mass is 9.90. The molecule has 0 saturated carbocycles. The fourth-order valence-electron chi connectivity index (χ4n) is 3.52. The number of benzene rings is 1. The summed E-state index contributed by atoms with van der Waals surface area (Å²) < 4.78 is 13.0. The van der Waals surface area contributed by atoms with Gasteiger partial charge in [-0.25, -0.2) is 9.97 Å². The van der Waals surface area contributed by atoms with Gasteiger partial charge in [0.05, 0.1) is 6.04 Å². The molecule has 7 nitrogen and oxygen atoms in total. The molecule has 1 aliphatic rings. The molecule has 3 aromatic rings. The molecule has 136 valence electrons. The van der Waals surface area contributed by atoms with Crippen LogP contribution in [0.5, 0.6) is 0 Å². The number of carbonyl (C=O) groups excluding carboxylic acids is 1. The first kappa shape index (κ1) is 16.8. The number of ether oxygens (including phenoxy) is 1. The van der Waals surface area contributed by atoms with Crippen molar-refractivity contribution in [2.24, 2.45) is 13.0 Å². The number of aromatic nitrogens is 3. The summed E-state index contributed by atoms with van der Waals surface area (Å²) in [5, 5.41) is 3.18. The average Bonchev–Trinajstić information content (AvgIpc) is 3.24. The average molecular weight is 354 g/mol. The highest BCUT2D eigenvalue weighted by atomic mass is 16.5. The van der Waals surface area contributed by atoms with Crippen molar-refractivity contribution in [3.8, 4) is 0 Å². The Morgan fingerprint density at radius 2 is 2.15 bits per heavy atom. The highest BCUT2D eigenvalue weighted by molar-refractivity contribution is 5.97. The zero-order chi connectivity index (χ0) is 18.1. The van der Waals surface area contributed by atoms with Gasteiger partial charge in [0.15, 0.2) is 11.5 Å². The molecule has 7 heteroatoms. The third-order valence-electron chi connectivity index (χ3n) is 4.92. The lowest BCUT2D eigenvalue weighted by Gasteiger charge is -2.30. The number of hydrogen-bond donors (Lipinski definition) is 1. The minimum Gasteiger partial charge on any atom is -0.441 e. The van der Waals surface area contributed by atoms with Crippen molar-refractivity contribution < 1.29 is 13.9 Å². The number of aryl methyl sites for hydroxylation is 2. The van der Waals surface area contributed by atoms with Crippen LogP contribution in [-0.2, 0) is 11.8 Å². The molecule has 0 spiro atoms. The maximum absolute atomic E-state index is 12.9. The molecule has 0 aliphatic carbocycles. The first-order valence-corrected chi connectivity index (χ1v) is 8.85. The molecular formula is C19H22N4O3. The molecule has 1 aliphatic heterocycles. The normalized spacial score (nSPS) is 16.7. The first-order chi connectivity index (χ1) is 12.6.